The third-order valence-corrected chi connectivity index (χ3v) is 11.4. The standard InChI is InChI=1S/C44H31ClF18N2/c45-36-27(17-19-32(30-14-4-8-25-7-1-2-13-29(25)30)64-23-21-37(46,47)39(50,51)41(54,55)43(58,59)60)11-3-12-28(36)18-20-33-31-15-5-9-26-10-6-16-34(35(26)31)65(33)24-22-38(48,49)40(52,53)42(56,57)44(61,62)63/h1-2,4-10,13-20H,3,11-12,21-24H2/b19-17+,28-18+,33-20+,64-32?. The number of benzene rings is 4. The van der Waals surface area contributed by atoms with Gasteiger partial charge in [-0.05, 0) is 64.8 Å². The van der Waals surface area contributed by atoms with E-state index in [1.807, 2.05) is 0 Å². The van der Waals surface area contributed by atoms with Gasteiger partial charge in [-0.2, -0.15) is 79.0 Å². The predicted molar refractivity (Wildman–Crippen MR) is 209 cm³/mol. The van der Waals surface area contributed by atoms with Crippen LogP contribution in [0.5, 0.6) is 0 Å². The van der Waals surface area contributed by atoms with Gasteiger partial charge in [-0.25, -0.2) is 0 Å². The summed E-state index contributed by atoms with van der Waals surface area (Å²) >= 11 is 6.80. The Hall–Kier alpha value is -5.14. The number of halogens is 19. The molecule has 1 aliphatic carbocycles. The molecule has 4 aromatic carbocycles. The van der Waals surface area contributed by atoms with Crippen molar-refractivity contribution in [3.63, 3.8) is 0 Å². The smallest absolute Gasteiger partial charge is 0.340 e. The van der Waals surface area contributed by atoms with E-state index < -0.39 is 73.8 Å². The van der Waals surface area contributed by atoms with Crippen LogP contribution in [0, 0.1) is 0 Å². The average molecular weight is 965 g/mol. The van der Waals surface area contributed by atoms with E-state index in [0.717, 1.165) is 4.57 Å². The summed E-state index contributed by atoms with van der Waals surface area (Å²) in [6.45, 7) is -2.52. The molecule has 0 radical (unpaired) electrons. The Morgan fingerprint density at radius 3 is 1.75 bits per heavy atom. The number of nitrogens with zero attached hydrogens (tertiary/aromatic N) is 2. The quantitative estimate of drug-likeness (QED) is 0.0779. The molecule has 0 spiro atoms. The van der Waals surface area contributed by atoms with Gasteiger partial charge in [0, 0.05) is 58.2 Å². The van der Waals surface area contributed by atoms with Crippen LogP contribution in [0.2, 0.25) is 0 Å². The van der Waals surface area contributed by atoms with Gasteiger partial charge >= 0.3 is 47.9 Å². The number of allylic oxidation sites excluding steroid dienone is 6. The fraction of sp³-hybridized carbons (Fsp3) is 0.341. The largest absolute Gasteiger partial charge is 0.460 e. The lowest BCUT2D eigenvalue weighted by Crippen LogP contribution is -2.61. The molecule has 1 aromatic heterocycles. The van der Waals surface area contributed by atoms with Crippen molar-refractivity contribution in [1.82, 2.24) is 4.57 Å². The van der Waals surface area contributed by atoms with Crippen LogP contribution in [-0.2, 0) is 6.54 Å². The molecular formula is C44H31ClF18N2. The monoisotopic (exact) mass is 964 g/mol. The third kappa shape index (κ3) is 8.82. The molecule has 0 atom stereocenters. The molecule has 0 amide bonds. The fourth-order valence-corrected chi connectivity index (χ4v) is 7.71. The molecule has 350 valence electrons. The molecule has 21 heteroatoms. The molecule has 0 aliphatic heterocycles. The van der Waals surface area contributed by atoms with Crippen LogP contribution >= 0.6 is 11.6 Å². The van der Waals surface area contributed by atoms with Crippen LogP contribution in [0.4, 0.5) is 79.0 Å². The number of rotatable bonds is 14. The SMILES string of the molecule is FC(F)(F)C(F)(F)C(F)(F)C(F)(F)CCN=C(/C=C/C1=C(Cl)C(=C/C=c2\c3cccc4cccc(c43)n2CCC(F)(F)C(F)(F)C(F)(F)C(F)(F)F)/CCC1)c1cccc2ccccc12. The summed E-state index contributed by atoms with van der Waals surface area (Å²) in [5.41, 5.74) is 0.878. The van der Waals surface area contributed by atoms with Crippen molar-refractivity contribution in [2.45, 2.75) is 86.5 Å². The molecular weight excluding hydrogens is 934 g/mol. The average Bonchev–Trinajstić information content (AvgIpc) is 3.53. The highest BCUT2D eigenvalue weighted by Crippen LogP contribution is 2.55. The minimum atomic E-state index is -7.09. The topological polar surface area (TPSA) is 17.3 Å². The second kappa shape index (κ2) is 17.3. The minimum Gasteiger partial charge on any atom is -0.340 e. The van der Waals surface area contributed by atoms with Gasteiger partial charge in [0.1, 0.15) is 0 Å². The molecule has 0 saturated carbocycles. The zero-order chi connectivity index (χ0) is 48.2. The summed E-state index contributed by atoms with van der Waals surface area (Å²) in [5, 5.41) is 2.44. The molecule has 1 aliphatic rings. The summed E-state index contributed by atoms with van der Waals surface area (Å²) in [6, 6.07) is 20.3. The van der Waals surface area contributed by atoms with E-state index in [2.05, 4.69) is 4.99 Å². The first-order chi connectivity index (χ1) is 30.0. The van der Waals surface area contributed by atoms with Gasteiger partial charge in [-0.15, -0.1) is 0 Å². The van der Waals surface area contributed by atoms with E-state index >= 15 is 0 Å². The van der Waals surface area contributed by atoms with E-state index in [9.17, 15) is 79.0 Å². The summed E-state index contributed by atoms with van der Waals surface area (Å²) in [7, 11) is 0. The highest BCUT2D eigenvalue weighted by Gasteiger charge is 2.82. The van der Waals surface area contributed by atoms with Crippen molar-refractivity contribution >= 4 is 55.8 Å². The zero-order valence-corrected chi connectivity index (χ0v) is 33.6. The zero-order valence-electron chi connectivity index (χ0n) is 32.8. The summed E-state index contributed by atoms with van der Waals surface area (Å²) < 4.78 is 248. The first-order valence-electron chi connectivity index (χ1n) is 19.2. The summed E-state index contributed by atoms with van der Waals surface area (Å²) in [5.74, 6) is -39.6. The molecule has 1 heterocycles. The fourth-order valence-electron chi connectivity index (χ4n) is 7.40. The van der Waals surface area contributed by atoms with Crippen molar-refractivity contribution in [2.75, 3.05) is 6.54 Å². The molecule has 0 bridgehead atoms. The van der Waals surface area contributed by atoms with Crippen LogP contribution in [-0.4, -0.2) is 64.7 Å². The van der Waals surface area contributed by atoms with E-state index in [0.29, 0.717) is 44.5 Å². The number of aryl methyl sites for hydroxylation is 1. The lowest BCUT2D eigenvalue weighted by atomic mass is 9.93. The molecule has 0 fully saturated rings. The van der Waals surface area contributed by atoms with Gasteiger partial charge in [0.15, 0.2) is 0 Å². The molecule has 65 heavy (non-hydrogen) atoms. The maximum Gasteiger partial charge on any atom is 0.460 e. The maximum atomic E-state index is 14.8. The highest BCUT2D eigenvalue weighted by molar-refractivity contribution is 6.32. The Balaban J connectivity index is 1.38. The first-order valence-corrected chi connectivity index (χ1v) is 19.6. The lowest BCUT2D eigenvalue weighted by Gasteiger charge is -2.33. The second-order valence-electron chi connectivity index (χ2n) is 15.1. The Bertz CT molecular complexity index is 2740. The maximum absolute atomic E-state index is 14.8. The predicted octanol–water partition coefficient (Wildman–Crippen LogP) is 14.8. The van der Waals surface area contributed by atoms with Gasteiger partial charge in [0.05, 0.1) is 5.71 Å². The number of fused-ring (bicyclic) bond motifs is 1. The Morgan fingerprint density at radius 1 is 0.585 bits per heavy atom. The van der Waals surface area contributed by atoms with E-state index in [4.69, 9.17) is 11.6 Å². The number of aromatic nitrogens is 1. The normalized spacial score (nSPS) is 17.0. The molecule has 0 N–H and O–H groups in total. The van der Waals surface area contributed by atoms with Gasteiger partial charge < -0.3 is 4.57 Å². The molecule has 5 aromatic rings. The van der Waals surface area contributed by atoms with E-state index in [-0.39, 0.29) is 40.0 Å². The molecule has 6 rings (SSSR count). The van der Waals surface area contributed by atoms with Crippen molar-refractivity contribution in [2.24, 2.45) is 4.99 Å². The minimum absolute atomic E-state index is 0.0545. The lowest BCUT2D eigenvalue weighted by molar-refractivity contribution is -0.396. The van der Waals surface area contributed by atoms with Crippen LogP contribution < -0.4 is 5.35 Å². The Morgan fingerprint density at radius 2 is 1.12 bits per heavy atom. The van der Waals surface area contributed by atoms with E-state index in [1.165, 1.54) is 54.6 Å². The Labute approximate surface area is 361 Å². The van der Waals surface area contributed by atoms with Crippen LogP contribution in [0.3, 0.4) is 0 Å². The second-order valence-corrected chi connectivity index (χ2v) is 15.5. The van der Waals surface area contributed by atoms with E-state index in [1.54, 1.807) is 48.5 Å². The number of alkyl halides is 18. The number of aliphatic imine (C=N–C) groups is 1. The summed E-state index contributed by atoms with van der Waals surface area (Å²) in [6.07, 6.45) is -12.2. The molecule has 0 unspecified atom stereocenters. The third-order valence-electron chi connectivity index (χ3n) is 10.9. The van der Waals surface area contributed by atoms with Gasteiger partial charge in [0.25, 0.3) is 0 Å². The molecule has 0 saturated heterocycles. The van der Waals surface area contributed by atoms with Gasteiger partial charge in [-0.1, -0.05) is 96.5 Å². The first kappa shape index (κ1) is 49.3. The van der Waals surface area contributed by atoms with Crippen molar-refractivity contribution in [3.05, 3.63) is 124 Å². The van der Waals surface area contributed by atoms with Crippen LogP contribution in [0.1, 0.15) is 37.7 Å². The van der Waals surface area contributed by atoms with Crippen molar-refractivity contribution in [1.29, 1.82) is 0 Å². The highest BCUT2D eigenvalue weighted by atomic mass is 35.5. The Kier molecular flexibility index (Phi) is 13.1. The van der Waals surface area contributed by atoms with Crippen LogP contribution in [0.15, 0.2) is 118 Å². The summed E-state index contributed by atoms with van der Waals surface area (Å²) in [4.78, 5) is 3.92. The number of hydrogen-bond donors (Lipinski definition) is 0. The van der Waals surface area contributed by atoms with Crippen molar-refractivity contribution in [3.8, 4) is 0 Å². The molecule has 2 nitrogen and oxygen atoms in total. The van der Waals surface area contributed by atoms with Gasteiger partial charge in [-0.3, -0.25) is 4.99 Å². The number of hydrogen-bond acceptors (Lipinski definition) is 1. The van der Waals surface area contributed by atoms with Crippen molar-refractivity contribution < 1.29 is 79.0 Å². The van der Waals surface area contributed by atoms with Gasteiger partial charge in [0.2, 0.25) is 0 Å². The van der Waals surface area contributed by atoms with Crippen LogP contribution in [0.25, 0.3) is 38.5 Å².